The number of hydrogen-bond donors (Lipinski definition) is 1. The number of thioether (sulfide) groups is 1. The molecule has 1 heterocycles. The molecule has 0 saturated carbocycles. The molecule has 1 fully saturated rings. The molecule has 3 rings (SSSR count). The zero-order chi connectivity index (χ0) is 24.0. The van der Waals surface area contributed by atoms with Gasteiger partial charge in [0.05, 0.1) is 15.6 Å². The van der Waals surface area contributed by atoms with Gasteiger partial charge in [0.25, 0.3) is 5.91 Å². The van der Waals surface area contributed by atoms with Crippen molar-refractivity contribution in [1.82, 2.24) is 4.90 Å². The van der Waals surface area contributed by atoms with E-state index in [1.165, 1.54) is 11.8 Å². The van der Waals surface area contributed by atoms with Crippen molar-refractivity contribution in [3.05, 3.63) is 61.4 Å². The molecule has 1 N–H and O–H groups in total. The maximum Gasteiger partial charge on any atom is 0.266 e. The van der Waals surface area contributed by atoms with E-state index in [1.807, 2.05) is 30.3 Å². The van der Waals surface area contributed by atoms with E-state index in [4.69, 9.17) is 11.6 Å². The minimum Gasteiger partial charge on any atom is -0.507 e. The van der Waals surface area contributed by atoms with Crippen LogP contribution in [0.3, 0.4) is 0 Å². The van der Waals surface area contributed by atoms with E-state index >= 15 is 0 Å². The number of phenolic OH excluding ortho intramolecular Hbond substituents is 1. The van der Waals surface area contributed by atoms with Crippen molar-refractivity contribution in [2.24, 2.45) is 4.99 Å². The highest BCUT2D eigenvalue weighted by atomic mass is 79.9. The Morgan fingerprint density at radius 1 is 1.06 bits per heavy atom. The molecule has 32 heavy (non-hydrogen) atoms. The van der Waals surface area contributed by atoms with Crippen LogP contribution < -0.4 is 0 Å². The summed E-state index contributed by atoms with van der Waals surface area (Å²) < 4.78 is 0.795. The second kappa shape index (κ2) is 8.88. The third kappa shape index (κ3) is 5.24. The number of carbonyl (C=O) groups is 1. The van der Waals surface area contributed by atoms with Crippen LogP contribution in [-0.2, 0) is 15.6 Å². The van der Waals surface area contributed by atoms with E-state index in [0.29, 0.717) is 26.5 Å². The average Bonchev–Trinajstić information content (AvgIpc) is 2.92. The normalized spacial score (nSPS) is 17.7. The summed E-state index contributed by atoms with van der Waals surface area (Å²) >= 11 is 10.9. The van der Waals surface area contributed by atoms with E-state index in [0.717, 1.165) is 21.2 Å². The van der Waals surface area contributed by atoms with Crippen molar-refractivity contribution in [2.75, 3.05) is 7.05 Å². The molecule has 1 amide bonds. The van der Waals surface area contributed by atoms with Crippen molar-refractivity contribution in [3.8, 4) is 5.75 Å². The van der Waals surface area contributed by atoms with Crippen molar-refractivity contribution >= 4 is 62.1 Å². The summed E-state index contributed by atoms with van der Waals surface area (Å²) in [4.78, 5) is 19.7. The largest absolute Gasteiger partial charge is 0.507 e. The van der Waals surface area contributed by atoms with Gasteiger partial charge in [-0.05, 0) is 80.5 Å². The number of carbonyl (C=O) groups excluding carboxylic acids is 1. The molecule has 0 bridgehead atoms. The molecular weight excluding hydrogens is 508 g/mol. The Morgan fingerprint density at radius 3 is 2.12 bits per heavy atom. The van der Waals surface area contributed by atoms with Gasteiger partial charge in [-0.15, -0.1) is 0 Å². The Hall–Kier alpha value is -1.76. The predicted molar refractivity (Wildman–Crippen MR) is 140 cm³/mol. The van der Waals surface area contributed by atoms with Gasteiger partial charge in [-0.1, -0.05) is 53.1 Å². The van der Waals surface area contributed by atoms with E-state index in [2.05, 4.69) is 62.5 Å². The van der Waals surface area contributed by atoms with Crippen molar-refractivity contribution < 1.29 is 9.90 Å². The Balaban J connectivity index is 2.05. The SMILES string of the molecule is CN1C(=O)/C(=C\c2cc(C(C)(C)C)c(O)c(C(C)(C)C)c2)SC1=Nc1ccc(Br)c(Cl)c1. The van der Waals surface area contributed by atoms with E-state index < -0.39 is 0 Å². The van der Waals surface area contributed by atoms with Gasteiger partial charge in [-0.3, -0.25) is 9.69 Å². The van der Waals surface area contributed by atoms with Gasteiger partial charge in [-0.25, -0.2) is 4.99 Å². The quantitative estimate of drug-likeness (QED) is 0.402. The summed E-state index contributed by atoms with van der Waals surface area (Å²) in [6.45, 7) is 12.4. The minimum absolute atomic E-state index is 0.111. The number of nitrogens with zero attached hydrogens (tertiary/aromatic N) is 2. The average molecular weight is 536 g/mol. The zero-order valence-electron chi connectivity index (χ0n) is 19.4. The lowest BCUT2D eigenvalue weighted by Crippen LogP contribution is -2.23. The van der Waals surface area contributed by atoms with Gasteiger partial charge < -0.3 is 5.11 Å². The Bertz CT molecular complexity index is 1110. The number of halogens is 2. The van der Waals surface area contributed by atoms with E-state index in [-0.39, 0.29) is 16.7 Å². The summed E-state index contributed by atoms with van der Waals surface area (Å²) in [5.41, 5.74) is 2.80. The number of hydrogen-bond acceptors (Lipinski definition) is 4. The van der Waals surface area contributed by atoms with Crippen molar-refractivity contribution in [3.63, 3.8) is 0 Å². The number of rotatable bonds is 2. The van der Waals surface area contributed by atoms with Crippen LogP contribution >= 0.6 is 39.3 Å². The fraction of sp³-hybridized carbons (Fsp3) is 0.360. The smallest absolute Gasteiger partial charge is 0.266 e. The summed E-state index contributed by atoms with van der Waals surface area (Å²) in [6, 6.07) is 9.36. The molecule has 2 aromatic carbocycles. The van der Waals surface area contributed by atoms with Gasteiger partial charge in [0, 0.05) is 22.6 Å². The van der Waals surface area contributed by atoms with Gasteiger partial charge in [0.1, 0.15) is 5.75 Å². The molecule has 1 aliphatic heterocycles. The van der Waals surface area contributed by atoms with Crippen LogP contribution in [0.5, 0.6) is 5.75 Å². The molecule has 1 saturated heterocycles. The molecule has 1 aliphatic rings. The van der Waals surface area contributed by atoms with Crippen LogP contribution in [0.2, 0.25) is 5.02 Å². The highest BCUT2D eigenvalue weighted by molar-refractivity contribution is 9.10. The lowest BCUT2D eigenvalue weighted by molar-refractivity contribution is -0.121. The molecule has 2 aromatic rings. The molecule has 4 nitrogen and oxygen atoms in total. The fourth-order valence-corrected chi connectivity index (χ4v) is 4.76. The topological polar surface area (TPSA) is 52.9 Å². The van der Waals surface area contributed by atoms with E-state index in [9.17, 15) is 9.90 Å². The third-order valence-electron chi connectivity index (χ3n) is 5.18. The summed E-state index contributed by atoms with van der Waals surface area (Å²) in [5, 5.41) is 12.1. The first-order chi connectivity index (χ1) is 14.7. The Morgan fingerprint density at radius 2 is 1.62 bits per heavy atom. The van der Waals surface area contributed by atoms with Gasteiger partial charge in [0.15, 0.2) is 5.17 Å². The second-order valence-corrected chi connectivity index (χ2v) is 12.2. The monoisotopic (exact) mass is 534 g/mol. The molecule has 7 heteroatoms. The molecule has 0 spiro atoms. The number of amides is 1. The lowest BCUT2D eigenvalue weighted by Gasteiger charge is -2.28. The third-order valence-corrected chi connectivity index (χ3v) is 7.47. The maximum atomic E-state index is 12.9. The lowest BCUT2D eigenvalue weighted by atomic mass is 9.78. The molecular formula is C25H28BrClN2O2S. The predicted octanol–water partition coefficient (Wildman–Crippen LogP) is 7.64. The maximum absolute atomic E-state index is 12.9. The van der Waals surface area contributed by atoms with Crippen molar-refractivity contribution in [2.45, 2.75) is 52.4 Å². The highest BCUT2D eigenvalue weighted by Gasteiger charge is 2.31. The number of phenols is 1. The minimum atomic E-state index is -0.240. The summed E-state index contributed by atoms with van der Waals surface area (Å²) in [7, 11) is 1.72. The molecule has 0 aliphatic carbocycles. The number of aliphatic imine (C=N–C) groups is 1. The number of aromatic hydroxyl groups is 1. The number of benzene rings is 2. The Kier molecular flexibility index (Phi) is 6.90. The first-order valence-electron chi connectivity index (χ1n) is 10.3. The van der Waals surface area contributed by atoms with Gasteiger partial charge >= 0.3 is 0 Å². The molecule has 0 atom stereocenters. The van der Waals surface area contributed by atoms with Crippen molar-refractivity contribution in [1.29, 1.82) is 0 Å². The van der Waals surface area contributed by atoms with Crippen LogP contribution in [-0.4, -0.2) is 28.1 Å². The molecule has 170 valence electrons. The van der Waals surface area contributed by atoms with Gasteiger partial charge in [-0.2, -0.15) is 0 Å². The number of amidine groups is 1. The van der Waals surface area contributed by atoms with Crippen LogP contribution in [0.25, 0.3) is 6.08 Å². The number of likely N-dealkylation sites (N-methyl/N-ethyl adjacent to an activating group) is 1. The molecule has 0 radical (unpaired) electrons. The van der Waals surface area contributed by atoms with Crippen LogP contribution in [0.1, 0.15) is 58.2 Å². The summed E-state index contributed by atoms with van der Waals surface area (Å²) in [5.74, 6) is 0.212. The standard InChI is InChI=1S/C25H28BrClN2O2S/c1-24(2,3)16-10-14(11-17(21(16)30)25(4,5)6)12-20-22(31)29(7)23(32-20)28-15-8-9-18(26)19(27)13-15/h8-13,30H,1-7H3/b20-12+,28-23?. The van der Waals surface area contributed by atoms with Gasteiger partial charge in [0.2, 0.25) is 0 Å². The van der Waals surface area contributed by atoms with Crippen LogP contribution in [0, 0.1) is 0 Å². The first-order valence-corrected chi connectivity index (χ1v) is 12.3. The summed E-state index contributed by atoms with van der Waals surface area (Å²) in [6.07, 6.45) is 1.88. The van der Waals surface area contributed by atoms with Crippen LogP contribution in [0.15, 0.2) is 44.7 Å². The zero-order valence-corrected chi connectivity index (χ0v) is 22.5. The molecule has 0 unspecified atom stereocenters. The highest BCUT2D eigenvalue weighted by Crippen LogP contribution is 2.41. The second-order valence-electron chi connectivity index (χ2n) is 9.93. The fourth-order valence-electron chi connectivity index (χ4n) is 3.35. The molecule has 0 aromatic heterocycles. The first kappa shape index (κ1) is 24.9. The van der Waals surface area contributed by atoms with Crippen LogP contribution in [0.4, 0.5) is 5.69 Å². The Labute approximate surface area is 207 Å². The van der Waals surface area contributed by atoms with E-state index in [1.54, 1.807) is 18.0 Å².